The van der Waals surface area contributed by atoms with Crippen molar-refractivity contribution >= 4 is 11.9 Å². The summed E-state index contributed by atoms with van der Waals surface area (Å²) in [7, 11) is 1.63. The molecule has 0 saturated heterocycles. The molecule has 0 bridgehead atoms. The maximum Gasteiger partial charge on any atom is 0.270 e. The topological polar surface area (TPSA) is 76.1 Å². The van der Waals surface area contributed by atoms with E-state index in [0.29, 0.717) is 18.1 Å². The Morgan fingerprint density at radius 2 is 1.89 bits per heavy atom. The highest BCUT2D eigenvalue weighted by Crippen LogP contribution is 2.12. The van der Waals surface area contributed by atoms with Crippen LogP contribution in [0.2, 0.25) is 0 Å². The van der Waals surface area contributed by atoms with E-state index in [2.05, 4.69) is 20.6 Å². The van der Waals surface area contributed by atoms with Crippen LogP contribution < -0.4 is 15.4 Å². The van der Waals surface area contributed by atoms with Gasteiger partial charge in [-0.25, -0.2) is 14.4 Å². The van der Waals surface area contributed by atoms with Gasteiger partial charge in [-0.05, 0) is 36.2 Å². The quantitative estimate of drug-likeness (QED) is 0.628. The third kappa shape index (κ3) is 5.26. The number of hydrogen-bond donors (Lipinski definition) is 2. The Kier molecular flexibility index (Phi) is 6.51. The number of anilines is 1. The molecule has 0 saturated carbocycles. The number of amides is 1. The molecule has 2 N–H and O–H groups in total. The summed E-state index contributed by atoms with van der Waals surface area (Å²) in [5.41, 5.74) is 1.79. The van der Waals surface area contributed by atoms with Gasteiger partial charge in [-0.1, -0.05) is 30.3 Å². The number of rotatable bonds is 8. The summed E-state index contributed by atoms with van der Waals surface area (Å²) in [6.07, 6.45) is 2.29. The van der Waals surface area contributed by atoms with Crippen LogP contribution in [0.4, 0.5) is 10.3 Å². The van der Waals surface area contributed by atoms with Crippen LogP contribution in [0.1, 0.15) is 21.6 Å². The van der Waals surface area contributed by atoms with Gasteiger partial charge >= 0.3 is 0 Å². The highest BCUT2D eigenvalue weighted by atomic mass is 19.1. The molecule has 0 unspecified atom stereocenters. The van der Waals surface area contributed by atoms with Crippen molar-refractivity contribution in [3.63, 3.8) is 0 Å². The highest BCUT2D eigenvalue weighted by molar-refractivity contribution is 5.92. The van der Waals surface area contributed by atoms with Gasteiger partial charge in [-0.3, -0.25) is 4.79 Å². The molecule has 1 heterocycles. The zero-order chi connectivity index (χ0) is 19.8. The number of aromatic nitrogens is 2. The van der Waals surface area contributed by atoms with Gasteiger partial charge < -0.3 is 15.4 Å². The van der Waals surface area contributed by atoms with Gasteiger partial charge in [-0.15, -0.1) is 0 Å². The predicted octanol–water partition coefficient (Wildman–Crippen LogP) is 3.21. The second-order valence-electron chi connectivity index (χ2n) is 6.06. The van der Waals surface area contributed by atoms with Crippen LogP contribution in [0.15, 0.2) is 60.8 Å². The summed E-state index contributed by atoms with van der Waals surface area (Å²) in [5, 5.41) is 5.77. The number of nitrogens with one attached hydrogen (secondary N) is 2. The van der Waals surface area contributed by atoms with E-state index in [1.54, 1.807) is 25.3 Å². The number of hydrogen-bond acceptors (Lipinski definition) is 5. The van der Waals surface area contributed by atoms with Crippen molar-refractivity contribution in [2.24, 2.45) is 0 Å². The summed E-state index contributed by atoms with van der Waals surface area (Å²) in [5.74, 6) is 0.441. The van der Waals surface area contributed by atoms with E-state index in [9.17, 15) is 9.18 Å². The summed E-state index contributed by atoms with van der Waals surface area (Å²) >= 11 is 0. The minimum atomic E-state index is -0.385. The molecule has 1 amide bonds. The molecule has 3 rings (SSSR count). The second-order valence-corrected chi connectivity index (χ2v) is 6.06. The van der Waals surface area contributed by atoms with Crippen LogP contribution in [-0.2, 0) is 13.0 Å². The molecule has 2 aromatic carbocycles. The molecule has 0 aliphatic carbocycles. The average Bonchev–Trinajstić information content (AvgIpc) is 2.74. The molecule has 0 spiro atoms. The Morgan fingerprint density at radius 3 is 2.64 bits per heavy atom. The van der Waals surface area contributed by atoms with Crippen LogP contribution in [0.5, 0.6) is 5.75 Å². The van der Waals surface area contributed by atoms with Crippen molar-refractivity contribution in [1.29, 1.82) is 0 Å². The highest BCUT2D eigenvalue weighted by Gasteiger charge is 2.10. The van der Waals surface area contributed by atoms with Crippen molar-refractivity contribution in [3.05, 3.63) is 83.4 Å². The van der Waals surface area contributed by atoms with Gasteiger partial charge in [0.15, 0.2) is 0 Å². The molecule has 28 heavy (non-hydrogen) atoms. The minimum Gasteiger partial charge on any atom is -0.497 e. The number of nitrogens with zero attached hydrogens (tertiary/aromatic N) is 2. The fourth-order valence-corrected chi connectivity index (χ4v) is 2.59. The van der Waals surface area contributed by atoms with Crippen molar-refractivity contribution in [3.8, 4) is 5.75 Å². The van der Waals surface area contributed by atoms with Crippen molar-refractivity contribution in [2.45, 2.75) is 13.0 Å². The molecular formula is C21H21FN4O2. The first-order valence-electron chi connectivity index (χ1n) is 8.87. The van der Waals surface area contributed by atoms with Gasteiger partial charge in [-0.2, -0.15) is 0 Å². The third-order valence-electron chi connectivity index (χ3n) is 4.14. The standard InChI is InChI=1S/C21H21FN4O2/c1-28-17-8-6-15(7-9-17)10-12-23-21-24-13-11-19(26-21)20(27)25-14-16-4-2-3-5-18(16)22/h2-9,11,13H,10,12,14H2,1H3,(H,25,27)(H,23,24,26). The molecule has 0 radical (unpaired) electrons. The smallest absolute Gasteiger partial charge is 0.270 e. The van der Waals surface area contributed by atoms with E-state index in [1.807, 2.05) is 24.3 Å². The van der Waals surface area contributed by atoms with Gasteiger partial charge in [0.05, 0.1) is 7.11 Å². The fraction of sp³-hybridized carbons (Fsp3) is 0.190. The van der Waals surface area contributed by atoms with E-state index in [-0.39, 0.29) is 24.0 Å². The fourth-order valence-electron chi connectivity index (χ4n) is 2.59. The summed E-state index contributed by atoms with van der Waals surface area (Å²) < 4.78 is 18.8. The minimum absolute atomic E-state index is 0.0930. The summed E-state index contributed by atoms with van der Waals surface area (Å²) in [6, 6.07) is 15.6. The molecule has 1 aromatic heterocycles. The SMILES string of the molecule is COc1ccc(CCNc2nccc(C(=O)NCc3ccccc3F)n2)cc1. The lowest BCUT2D eigenvalue weighted by Gasteiger charge is -2.08. The lowest BCUT2D eigenvalue weighted by atomic mass is 10.1. The molecule has 6 nitrogen and oxygen atoms in total. The van der Waals surface area contributed by atoms with Crippen LogP contribution in [0.3, 0.4) is 0 Å². The molecule has 0 aliphatic rings. The van der Waals surface area contributed by atoms with Crippen LogP contribution in [0, 0.1) is 5.82 Å². The Bertz CT molecular complexity index is 932. The summed E-state index contributed by atoms with van der Waals surface area (Å²) in [6.45, 7) is 0.711. The van der Waals surface area contributed by atoms with E-state index >= 15 is 0 Å². The zero-order valence-corrected chi connectivity index (χ0v) is 15.5. The first-order chi connectivity index (χ1) is 13.7. The maximum atomic E-state index is 13.6. The van der Waals surface area contributed by atoms with Crippen LogP contribution >= 0.6 is 0 Å². The number of carbonyl (C=O) groups is 1. The number of carbonyl (C=O) groups excluding carboxylic acids is 1. The van der Waals surface area contributed by atoms with Crippen molar-refractivity contribution < 1.29 is 13.9 Å². The van der Waals surface area contributed by atoms with Gasteiger partial charge in [0, 0.05) is 24.8 Å². The normalized spacial score (nSPS) is 10.4. The van der Waals surface area contributed by atoms with Gasteiger partial charge in [0.2, 0.25) is 5.95 Å². The molecule has 0 fully saturated rings. The largest absolute Gasteiger partial charge is 0.497 e. The van der Waals surface area contributed by atoms with Gasteiger partial charge in [0.25, 0.3) is 5.91 Å². The van der Waals surface area contributed by atoms with Gasteiger partial charge in [0.1, 0.15) is 17.3 Å². The lowest BCUT2D eigenvalue weighted by molar-refractivity contribution is 0.0945. The first-order valence-corrected chi connectivity index (χ1v) is 8.87. The zero-order valence-electron chi connectivity index (χ0n) is 15.5. The van der Waals surface area contributed by atoms with E-state index in [1.165, 1.54) is 18.3 Å². The number of benzene rings is 2. The monoisotopic (exact) mass is 380 g/mol. The molecule has 3 aromatic rings. The van der Waals surface area contributed by atoms with Crippen molar-refractivity contribution in [2.75, 3.05) is 19.0 Å². The number of methoxy groups -OCH3 is 1. The molecule has 7 heteroatoms. The second kappa shape index (κ2) is 9.45. The van der Waals surface area contributed by atoms with E-state index < -0.39 is 0 Å². The molecule has 0 aliphatic heterocycles. The molecular weight excluding hydrogens is 359 g/mol. The lowest BCUT2D eigenvalue weighted by Crippen LogP contribution is -2.24. The third-order valence-corrected chi connectivity index (χ3v) is 4.14. The Hall–Kier alpha value is -3.48. The van der Waals surface area contributed by atoms with Crippen molar-refractivity contribution in [1.82, 2.24) is 15.3 Å². The van der Waals surface area contributed by atoms with Crippen LogP contribution in [0.25, 0.3) is 0 Å². The molecule has 0 atom stereocenters. The Labute approximate surface area is 162 Å². The molecule has 144 valence electrons. The van der Waals surface area contributed by atoms with E-state index in [4.69, 9.17) is 4.74 Å². The van der Waals surface area contributed by atoms with Crippen LogP contribution in [-0.4, -0.2) is 29.5 Å². The number of ether oxygens (including phenoxy) is 1. The predicted molar refractivity (Wildman–Crippen MR) is 105 cm³/mol. The Balaban J connectivity index is 1.52. The van der Waals surface area contributed by atoms with E-state index in [0.717, 1.165) is 17.7 Å². The Morgan fingerprint density at radius 1 is 1.11 bits per heavy atom. The average molecular weight is 380 g/mol. The number of halogens is 1. The summed E-state index contributed by atoms with van der Waals surface area (Å²) in [4.78, 5) is 20.6. The first kappa shape index (κ1) is 19.3. The maximum absolute atomic E-state index is 13.6.